The van der Waals surface area contributed by atoms with Crippen LogP contribution in [0.4, 0.5) is 0 Å². The lowest BCUT2D eigenvalue weighted by Gasteiger charge is -2.38. The van der Waals surface area contributed by atoms with Gasteiger partial charge in [-0.05, 0) is 30.5 Å². The minimum Gasteiger partial charge on any atom is -0.288 e. The van der Waals surface area contributed by atoms with Crippen LogP contribution in [0.5, 0.6) is 0 Å². The highest BCUT2D eigenvalue weighted by molar-refractivity contribution is 8.01. The van der Waals surface area contributed by atoms with Crippen LogP contribution in [0.25, 0.3) is 0 Å². The molecule has 0 heterocycles. The van der Waals surface area contributed by atoms with Crippen LogP contribution in [0.3, 0.4) is 0 Å². The van der Waals surface area contributed by atoms with Crippen LogP contribution in [-0.4, -0.2) is 28.0 Å². The van der Waals surface area contributed by atoms with E-state index in [2.05, 4.69) is 66.6 Å². The quantitative estimate of drug-likeness (QED) is 0.364. The molecule has 0 bridgehead atoms. The van der Waals surface area contributed by atoms with Crippen molar-refractivity contribution < 1.29 is 0 Å². The summed E-state index contributed by atoms with van der Waals surface area (Å²) in [7, 11) is 3.41. The fraction of sp³-hybridized carbons (Fsp3) is 0.867. The summed E-state index contributed by atoms with van der Waals surface area (Å²) >= 11 is 0. The van der Waals surface area contributed by atoms with Crippen LogP contribution in [0.15, 0.2) is 0 Å². The summed E-state index contributed by atoms with van der Waals surface area (Å²) in [6, 6.07) is 0. The maximum atomic E-state index is 6.46. The summed E-state index contributed by atoms with van der Waals surface area (Å²) in [5.41, 5.74) is 9.47. The van der Waals surface area contributed by atoms with Crippen molar-refractivity contribution in [2.45, 2.75) is 72.0 Å². The molecule has 3 heteroatoms. The van der Waals surface area contributed by atoms with Gasteiger partial charge in [0, 0.05) is 18.0 Å². The van der Waals surface area contributed by atoms with Crippen molar-refractivity contribution in [3.8, 4) is 11.2 Å². The largest absolute Gasteiger partial charge is 0.288 e. The first-order chi connectivity index (χ1) is 8.16. The maximum Gasteiger partial charge on any atom is 0.150 e. The first-order valence-corrected chi connectivity index (χ1v) is 11.8. The Bertz CT molecular complexity index is 286. The topological polar surface area (TPSA) is 0 Å². The standard InChI is InChI=1S/C15H31BPSi/c1-9-17(16,10-2)11-12-18(13(3)4,14(5)6)15(7)8/h13-15H,9-10H2,1-8H3. The first kappa shape index (κ1) is 18.3. The molecule has 0 aliphatic heterocycles. The second kappa shape index (κ2) is 7.16. The molecule has 0 aromatic carbocycles. The fourth-order valence-electron chi connectivity index (χ4n) is 3.02. The van der Waals surface area contributed by atoms with Gasteiger partial charge in [-0.25, -0.2) is 0 Å². The molecule has 3 radical (unpaired) electrons. The van der Waals surface area contributed by atoms with Gasteiger partial charge in [-0.15, -0.1) is 0 Å². The molecule has 0 unspecified atom stereocenters. The van der Waals surface area contributed by atoms with Crippen LogP contribution in [-0.2, 0) is 0 Å². The predicted octanol–water partition coefficient (Wildman–Crippen LogP) is 5.31. The highest BCUT2D eigenvalue weighted by atomic mass is 31.2. The van der Waals surface area contributed by atoms with Crippen molar-refractivity contribution in [3.63, 3.8) is 0 Å². The van der Waals surface area contributed by atoms with Crippen LogP contribution in [0.2, 0.25) is 16.6 Å². The molecule has 0 aliphatic carbocycles. The van der Waals surface area contributed by atoms with E-state index in [1.807, 2.05) is 0 Å². The molecule has 0 saturated carbocycles. The predicted molar refractivity (Wildman–Crippen MR) is 92.6 cm³/mol. The Labute approximate surface area is 118 Å². The Balaban J connectivity index is 5.58. The van der Waals surface area contributed by atoms with Crippen LogP contribution in [0, 0.1) is 11.2 Å². The van der Waals surface area contributed by atoms with Crippen LogP contribution < -0.4 is 0 Å². The molecular weight excluding hydrogens is 250 g/mol. The van der Waals surface area contributed by atoms with Crippen molar-refractivity contribution >= 4 is 22.8 Å². The van der Waals surface area contributed by atoms with Gasteiger partial charge in [-0.1, -0.05) is 47.1 Å². The lowest BCUT2D eigenvalue weighted by atomic mass is 10.5. The lowest BCUT2D eigenvalue weighted by molar-refractivity contribution is 0.838. The molecule has 0 fully saturated rings. The van der Waals surface area contributed by atoms with Gasteiger partial charge < -0.3 is 0 Å². The molecule has 0 atom stereocenters. The molecule has 0 rings (SSSR count). The van der Waals surface area contributed by atoms with E-state index in [9.17, 15) is 0 Å². The Morgan fingerprint density at radius 2 is 1.22 bits per heavy atom. The highest BCUT2D eigenvalue weighted by Gasteiger charge is 2.42. The molecular formula is C15H31BPSi. The van der Waals surface area contributed by atoms with Gasteiger partial charge in [0.15, 0.2) is 8.07 Å². The third-order valence-corrected chi connectivity index (χ3v) is 13.8. The number of hydrogen-bond donors (Lipinski definition) is 0. The van der Waals surface area contributed by atoms with Gasteiger partial charge in [0.05, 0.1) is 0 Å². The summed E-state index contributed by atoms with van der Waals surface area (Å²) in [4.78, 5) is 0. The van der Waals surface area contributed by atoms with Gasteiger partial charge in [-0.2, -0.15) is 7.14 Å². The zero-order valence-corrected chi connectivity index (χ0v) is 15.6. The molecule has 0 aliphatic rings. The van der Waals surface area contributed by atoms with E-state index in [0.29, 0.717) is 16.6 Å². The summed E-state index contributed by atoms with van der Waals surface area (Å²) in [5.74, 6) is 0. The molecule has 0 aromatic rings. The van der Waals surface area contributed by atoms with Gasteiger partial charge in [0.1, 0.15) is 0 Å². The minimum absolute atomic E-state index is 0.701. The molecule has 103 valence electrons. The van der Waals surface area contributed by atoms with Crippen molar-refractivity contribution in [2.75, 3.05) is 12.3 Å². The first-order valence-electron chi connectivity index (χ1n) is 7.36. The SMILES string of the molecule is [B-][P+](C#C[Si](C(C)C)(C(C)C)C(C)C)(CC)CC. The molecule has 0 spiro atoms. The van der Waals surface area contributed by atoms with Gasteiger partial charge in [-0.3, -0.25) is 7.57 Å². The summed E-state index contributed by atoms with van der Waals surface area (Å²) < 4.78 is 0. The number of hydrogen-bond acceptors (Lipinski definition) is 0. The van der Waals surface area contributed by atoms with Gasteiger partial charge in [0.25, 0.3) is 0 Å². The molecule has 0 nitrogen and oxygen atoms in total. The fourth-order valence-corrected chi connectivity index (χ4v) is 10.3. The maximum absolute atomic E-state index is 6.46. The second-order valence-electron chi connectivity index (χ2n) is 6.30. The Kier molecular flexibility index (Phi) is 7.27. The molecule has 18 heavy (non-hydrogen) atoms. The average molecular weight is 281 g/mol. The van der Waals surface area contributed by atoms with Crippen LogP contribution in [0.1, 0.15) is 55.4 Å². The number of rotatable bonds is 5. The van der Waals surface area contributed by atoms with Crippen molar-refractivity contribution in [1.29, 1.82) is 0 Å². The summed E-state index contributed by atoms with van der Waals surface area (Å²) in [6.07, 6.45) is 2.10. The van der Waals surface area contributed by atoms with E-state index in [-0.39, 0.29) is 0 Å². The minimum atomic E-state index is -1.58. The zero-order chi connectivity index (χ0) is 14.6. The van der Waals surface area contributed by atoms with Crippen molar-refractivity contribution in [1.82, 2.24) is 0 Å². The monoisotopic (exact) mass is 281 g/mol. The van der Waals surface area contributed by atoms with E-state index in [0.717, 1.165) is 12.3 Å². The van der Waals surface area contributed by atoms with E-state index < -0.39 is 15.2 Å². The summed E-state index contributed by atoms with van der Waals surface area (Å²) in [6.45, 7) is 18.5. The smallest absolute Gasteiger partial charge is 0.150 e. The Morgan fingerprint density at radius 3 is 1.44 bits per heavy atom. The normalized spacial score (nSPS) is 13.1. The van der Waals surface area contributed by atoms with Crippen molar-refractivity contribution in [3.05, 3.63) is 0 Å². The second-order valence-corrected chi connectivity index (χ2v) is 15.4. The van der Waals surface area contributed by atoms with E-state index in [4.69, 9.17) is 7.57 Å². The highest BCUT2D eigenvalue weighted by Crippen LogP contribution is 2.52. The third-order valence-electron chi connectivity index (χ3n) is 4.49. The van der Waals surface area contributed by atoms with E-state index in [1.54, 1.807) is 0 Å². The summed E-state index contributed by atoms with van der Waals surface area (Å²) in [5, 5.41) is 0. The van der Waals surface area contributed by atoms with E-state index >= 15 is 0 Å². The Hall–Kier alpha value is 0.272. The third kappa shape index (κ3) is 3.88. The molecule has 0 saturated heterocycles. The molecule has 0 N–H and O–H groups in total. The van der Waals surface area contributed by atoms with Crippen LogP contribution >= 0.6 is 7.14 Å². The molecule has 0 amide bonds. The van der Waals surface area contributed by atoms with E-state index in [1.165, 1.54) is 0 Å². The van der Waals surface area contributed by atoms with Crippen molar-refractivity contribution in [2.24, 2.45) is 0 Å². The zero-order valence-electron chi connectivity index (χ0n) is 13.7. The average Bonchev–Trinajstić information content (AvgIpc) is 2.28. The van der Waals surface area contributed by atoms with Gasteiger partial charge >= 0.3 is 0 Å². The molecule has 0 aromatic heterocycles. The van der Waals surface area contributed by atoms with Gasteiger partial charge in [0.2, 0.25) is 0 Å². The Morgan fingerprint density at radius 1 is 0.889 bits per heavy atom. The lowest BCUT2D eigenvalue weighted by Crippen LogP contribution is -2.43.